The van der Waals surface area contributed by atoms with E-state index >= 15 is 0 Å². The molecular weight excluding hydrogens is 332 g/mol. The fourth-order valence-corrected chi connectivity index (χ4v) is 3.18. The highest BCUT2D eigenvalue weighted by Gasteiger charge is 2.14. The van der Waals surface area contributed by atoms with Crippen LogP contribution in [0, 0.1) is 11.6 Å². The van der Waals surface area contributed by atoms with Crippen LogP contribution >= 0.6 is 11.6 Å². The Balaban J connectivity index is 1.96. The molecule has 0 saturated heterocycles. The van der Waals surface area contributed by atoms with Gasteiger partial charge in [-0.2, -0.15) is 0 Å². The second kappa shape index (κ2) is 7.47. The van der Waals surface area contributed by atoms with Crippen molar-refractivity contribution in [1.29, 1.82) is 0 Å². The molecule has 2 aromatic carbocycles. The average molecular weight is 344 g/mol. The van der Waals surface area contributed by atoms with Gasteiger partial charge in [0.25, 0.3) is 0 Å². The summed E-state index contributed by atoms with van der Waals surface area (Å²) in [6.45, 7) is 0. The summed E-state index contributed by atoms with van der Waals surface area (Å²) in [6, 6.07) is 9.50. The summed E-state index contributed by atoms with van der Waals surface area (Å²) < 4.78 is 38.5. The van der Waals surface area contributed by atoms with Crippen molar-refractivity contribution in [2.75, 3.05) is 11.1 Å². The van der Waals surface area contributed by atoms with E-state index in [1.54, 1.807) is 0 Å². The van der Waals surface area contributed by atoms with Crippen molar-refractivity contribution in [3.05, 3.63) is 64.7 Å². The normalized spacial score (nSPS) is 12.0. The number of halogens is 3. The average Bonchev–Trinajstić information content (AvgIpc) is 2.43. The number of amides is 1. The van der Waals surface area contributed by atoms with Gasteiger partial charge in [0.05, 0.1) is 5.75 Å². The first-order valence-corrected chi connectivity index (χ1v) is 8.15. The van der Waals surface area contributed by atoms with E-state index in [0.717, 1.165) is 6.07 Å². The van der Waals surface area contributed by atoms with Crippen LogP contribution in [0.2, 0.25) is 5.02 Å². The molecule has 2 rings (SSSR count). The molecule has 2 aromatic rings. The minimum Gasteiger partial charge on any atom is -0.325 e. The van der Waals surface area contributed by atoms with Crippen LogP contribution in [-0.2, 0) is 21.3 Å². The van der Waals surface area contributed by atoms with E-state index in [0.29, 0.717) is 0 Å². The van der Waals surface area contributed by atoms with E-state index in [2.05, 4.69) is 5.32 Å². The number of hydrogen-bond acceptors (Lipinski definition) is 2. The van der Waals surface area contributed by atoms with Crippen LogP contribution in [-0.4, -0.2) is 15.9 Å². The molecule has 0 aliphatic rings. The molecular formula is C15H12ClF2NO2S. The number of carbonyl (C=O) groups is 1. The van der Waals surface area contributed by atoms with Crippen molar-refractivity contribution in [3.8, 4) is 0 Å². The Hall–Kier alpha value is -1.79. The van der Waals surface area contributed by atoms with Crippen LogP contribution in [0.1, 0.15) is 5.56 Å². The van der Waals surface area contributed by atoms with E-state index < -0.39 is 28.3 Å². The summed E-state index contributed by atoms with van der Waals surface area (Å²) in [5.74, 6) is -2.09. The number of benzene rings is 2. The van der Waals surface area contributed by atoms with Crippen molar-refractivity contribution in [2.24, 2.45) is 0 Å². The van der Waals surface area contributed by atoms with Gasteiger partial charge < -0.3 is 5.32 Å². The molecule has 1 unspecified atom stereocenters. The molecule has 0 aliphatic carbocycles. The molecule has 1 N–H and O–H groups in total. The van der Waals surface area contributed by atoms with Crippen LogP contribution < -0.4 is 5.32 Å². The van der Waals surface area contributed by atoms with Gasteiger partial charge in [-0.3, -0.25) is 9.00 Å². The Morgan fingerprint density at radius 1 is 1.18 bits per heavy atom. The summed E-state index contributed by atoms with van der Waals surface area (Å²) in [4.78, 5) is 11.7. The number of carbonyl (C=O) groups excluding carboxylic acids is 1. The van der Waals surface area contributed by atoms with Crippen LogP contribution in [0.15, 0.2) is 42.5 Å². The van der Waals surface area contributed by atoms with Crippen molar-refractivity contribution >= 4 is 34.0 Å². The first kappa shape index (κ1) is 16.6. The van der Waals surface area contributed by atoms with E-state index in [9.17, 15) is 17.8 Å². The summed E-state index contributed by atoms with van der Waals surface area (Å²) in [7, 11) is -1.63. The van der Waals surface area contributed by atoms with E-state index in [4.69, 9.17) is 11.6 Å². The van der Waals surface area contributed by atoms with E-state index in [1.807, 2.05) is 0 Å². The summed E-state index contributed by atoms with van der Waals surface area (Å²) in [6.07, 6.45) is 0. The second-order valence-electron chi connectivity index (χ2n) is 4.49. The molecule has 0 aromatic heterocycles. The molecule has 0 saturated carbocycles. The molecule has 0 fully saturated rings. The molecule has 0 heterocycles. The number of nitrogens with one attached hydrogen (secondary N) is 1. The van der Waals surface area contributed by atoms with Gasteiger partial charge in [0, 0.05) is 27.1 Å². The van der Waals surface area contributed by atoms with Gasteiger partial charge in [0.15, 0.2) is 0 Å². The molecule has 0 radical (unpaired) electrons. The quantitative estimate of drug-likeness (QED) is 0.903. The van der Waals surface area contributed by atoms with Gasteiger partial charge >= 0.3 is 0 Å². The van der Waals surface area contributed by atoms with Crippen LogP contribution in [0.5, 0.6) is 0 Å². The molecule has 22 heavy (non-hydrogen) atoms. The van der Waals surface area contributed by atoms with Crippen molar-refractivity contribution in [1.82, 2.24) is 0 Å². The highest BCUT2D eigenvalue weighted by molar-refractivity contribution is 7.85. The van der Waals surface area contributed by atoms with E-state index in [1.165, 1.54) is 36.4 Å². The third-order valence-corrected chi connectivity index (χ3v) is 4.32. The zero-order valence-electron chi connectivity index (χ0n) is 11.3. The predicted molar refractivity (Wildman–Crippen MR) is 83.2 cm³/mol. The van der Waals surface area contributed by atoms with Gasteiger partial charge in [-0.05, 0) is 30.3 Å². The minimum atomic E-state index is -1.63. The second-order valence-corrected chi connectivity index (χ2v) is 6.35. The van der Waals surface area contributed by atoms with Crippen molar-refractivity contribution in [2.45, 2.75) is 5.75 Å². The lowest BCUT2D eigenvalue weighted by molar-refractivity contribution is -0.113. The van der Waals surface area contributed by atoms with Crippen molar-refractivity contribution in [3.63, 3.8) is 0 Å². The number of anilines is 1. The van der Waals surface area contributed by atoms with E-state index in [-0.39, 0.29) is 27.8 Å². The highest BCUT2D eigenvalue weighted by atomic mass is 35.5. The lowest BCUT2D eigenvalue weighted by Gasteiger charge is -2.07. The maximum atomic E-state index is 13.6. The third-order valence-electron chi connectivity index (χ3n) is 2.77. The first-order chi connectivity index (χ1) is 10.5. The number of hydrogen-bond donors (Lipinski definition) is 1. The Morgan fingerprint density at radius 2 is 1.91 bits per heavy atom. The molecule has 0 spiro atoms. The summed E-state index contributed by atoms with van der Waals surface area (Å²) >= 11 is 5.84. The third kappa shape index (κ3) is 4.61. The van der Waals surface area contributed by atoms with Gasteiger partial charge in [0.2, 0.25) is 5.91 Å². The summed E-state index contributed by atoms with van der Waals surface area (Å²) in [5.41, 5.74) is 0.381. The minimum absolute atomic E-state index is 0.112. The SMILES string of the molecule is O=C(CS(=O)Cc1c(F)cccc1Cl)Nc1cccc(F)c1. The molecule has 0 bridgehead atoms. The monoisotopic (exact) mass is 343 g/mol. The fourth-order valence-electron chi connectivity index (χ4n) is 1.79. The largest absolute Gasteiger partial charge is 0.325 e. The Morgan fingerprint density at radius 3 is 2.59 bits per heavy atom. The van der Waals surface area contributed by atoms with Gasteiger partial charge in [-0.15, -0.1) is 0 Å². The molecule has 0 aliphatic heterocycles. The topological polar surface area (TPSA) is 46.2 Å². The highest BCUT2D eigenvalue weighted by Crippen LogP contribution is 2.20. The van der Waals surface area contributed by atoms with Gasteiger partial charge in [0.1, 0.15) is 17.4 Å². The van der Waals surface area contributed by atoms with Gasteiger partial charge in [-0.1, -0.05) is 23.7 Å². The Kier molecular flexibility index (Phi) is 5.63. The van der Waals surface area contributed by atoms with Crippen LogP contribution in [0.25, 0.3) is 0 Å². The molecule has 7 heteroatoms. The predicted octanol–water partition coefficient (Wildman–Crippen LogP) is 3.51. The summed E-state index contributed by atoms with van der Waals surface area (Å²) in [5, 5.41) is 2.60. The lowest BCUT2D eigenvalue weighted by atomic mass is 10.2. The standard InChI is InChI=1S/C15H12ClF2NO2S/c16-13-5-2-6-14(18)12(13)8-22(21)9-15(20)19-11-4-1-3-10(17)7-11/h1-7H,8-9H2,(H,19,20). The molecule has 1 atom stereocenters. The Labute approximate surface area is 133 Å². The molecule has 1 amide bonds. The maximum Gasteiger partial charge on any atom is 0.237 e. The van der Waals surface area contributed by atoms with Crippen molar-refractivity contribution < 1.29 is 17.8 Å². The molecule has 3 nitrogen and oxygen atoms in total. The van der Waals surface area contributed by atoms with Crippen LogP contribution in [0.3, 0.4) is 0 Å². The number of rotatable bonds is 5. The smallest absolute Gasteiger partial charge is 0.237 e. The zero-order chi connectivity index (χ0) is 16.1. The Bertz CT molecular complexity index is 704. The molecule has 116 valence electrons. The maximum absolute atomic E-state index is 13.6. The van der Waals surface area contributed by atoms with Gasteiger partial charge in [-0.25, -0.2) is 8.78 Å². The fraction of sp³-hybridized carbons (Fsp3) is 0.133. The first-order valence-electron chi connectivity index (χ1n) is 6.29. The lowest BCUT2D eigenvalue weighted by Crippen LogP contribution is -2.20. The zero-order valence-corrected chi connectivity index (χ0v) is 12.9. The van der Waals surface area contributed by atoms with Crippen LogP contribution in [0.4, 0.5) is 14.5 Å².